The molecule has 2 aromatic rings. The molecule has 0 aromatic heterocycles. The molecule has 0 amide bonds. The number of ether oxygens (including phenoxy) is 2. The molecule has 7 nitrogen and oxygen atoms in total. The fourth-order valence-corrected chi connectivity index (χ4v) is 6.92. The predicted molar refractivity (Wildman–Crippen MR) is 178 cm³/mol. The molecule has 1 aliphatic carbocycles. The van der Waals surface area contributed by atoms with Crippen molar-refractivity contribution in [1.29, 1.82) is 0 Å². The number of quaternary nitrogens is 1. The Kier molecular flexibility index (Phi) is 9.02. The fraction of sp³-hybridized carbons (Fsp3) is 0.432. The van der Waals surface area contributed by atoms with Crippen LogP contribution in [0.5, 0.6) is 5.75 Å². The van der Waals surface area contributed by atoms with E-state index in [1.165, 1.54) is 0 Å². The predicted octanol–water partition coefficient (Wildman–Crippen LogP) is 7.77. The number of nitrogens with two attached hydrogens (primary N) is 1. The van der Waals surface area contributed by atoms with Gasteiger partial charge in [0.1, 0.15) is 23.6 Å². The number of benzene rings is 2. The number of aliphatic imine (C=N–C) groups is 1. The van der Waals surface area contributed by atoms with E-state index in [1.54, 1.807) is 42.6 Å². The van der Waals surface area contributed by atoms with E-state index in [-0.39, 0.29) is 52.4 Å². The summed E-state index contributed by atoms with van der Waals surface area (Å²) in [5.74, 6) is 7.92. The molecular formula is C37H45ClN3O4+. The number of hydrogen-bond acceptors (Lipinski definition) is 6. The van der Waals surface area contributed by atoms with Crippen LogP contribution in [0.1, 0.15) is 66.9 Å². The Hall–Kier alpha value is -3.52. The van der Waals surface area contributed by atoms with Crippen molar-refractivity contribution >= 4 is 29.1 Å². The maximum atomic E-state index is 14.5. The van der Waals surface area contributed by atoms with Crippen molar-refractivity contribution in [2.24, 2.45) is 39.4 Å². The number of fused-ring (bicyclic) bond motifs is 1. The Labute approximate surface area is 272 Å². The standard InChI is InChI=1S/C37H45ClN3O4/c1-23-19-28(36(2,3)4)34(29(20-23)37(5,6)7)45-35(43)27-21-41(39)30(31(42)22-44-26-11-9-8-10-12-26)17-18-32(41)40-33(27)24-13-15-25(38)16-14-24/h8-18,21,23,28-29,34H,19-20,22,39H2,1-7H3/q+1. The lowest BCUT2D eigenvalue weighted by Gasteiger charge is -2.50. The highest BCUT2D eigenvalue weighted by Gasteiger charge is 2.50. The molecule has 0 bridgehead atoms. The van der Waals surface area contributed by atoms with E-state index in [4.69, 9.17) is 31.9 Å². The minimum absolute atomic E-state index is 0.0786. The van der Waals surface area contributed by atoms with Crippen LogP contribution < -0.4 is 10.6 Å². The lowest BCUT2D eigenvalue weighted by molar-refractivity contribution is -0.808. The monoisotopic (exact) mass is 630 g/mol. The van der Waals surface area contributed by atoms with Gasteiger partial charge in [-0.05, 0) is 53.9 Å². The first-order valence-electron chi connectivity index (χ1n) is 15.7. The van der Waals surface area contributed by atoms with E-state index in [0.717, 1.165) is 12.8 Å². The largest absolute Gasteiger partial charge is 0.485 e. The molecule has 2 aliphatic heterocycles. The van der Waals surface area contributed by atoms with Gasteiger partial charge in [0, 0.05) is 34.6 Å². The van der Waals surface area contributed by atoms with E-state index in [9.17, 15) is 9.59 Å². The first-order valence-corrected chi connectivity index (χ1v) is 16.1. The highest BCUT2D eigenvalue weighted by atomic mass is 35.5. The van der Waals surface area contributed by atoms with Gasteiger partial charge in [0.05, 0.1) is 5.71 Å². The summed E-state index contributed by atoms with van der Waals surface area (Å²) in [6.07, 6.45) is 6.58. The fourth-order valence-electron chi connectivity index (χ4n) is 6.79. The second-order valence-corrected chi connectivity index (χ2v) is 15.2. The molecule has 2 heterocycles. The normalized spacial score (nSPS) is 26.6. The summed E-state index contributed by atoms with van der Waals surface area (Å²) >= 11 is 6.21. The van der Waals surface area contributed by atoms with Crippen molar-refractivity contribution in [2.45, 2.75) is 67.4 Å². The van der Waals surface area contributed by atoms with Gasteiger partial charge < -0.3 is 9.47 Å². The van der Waals surface area contributed by atoms with Crippen molar-refractivity contribution < 1.29 is 23.7 Å². The number of allylic oxidation sites excluding steroid dienone is 2. The second kappa shape index (κ2) is 12.3. The van der Waals surface area contributed by atoms with Gasteiger partial charge in [-0.1, -0.05) is 90.4 Å². The number of rotatable bonds is 7. The molecule has 0 spiro atoms. The van der Waals surface area contributed by atoms with Gasteiger partial charge in [-0.2, -0.15) is 10.8 Å². The maximum Gasteiger partial charge on any atom is 0.346 e. The van der Waals surface area contributed by atoms with E-state index in [2.05, 4.69) is 48.5 Å². The summed E-state index contributed by atoms with van der Waals surface area (Å²) in [5, 5.41) is 0.567. The first-order chi connectivity index (χ1) is 21.1. The smallest absolute Gasteiger partial charge is 0.346 e. The zero-order valence-corrected chi connectivity index (χ0v) is 28.1. The summed E-state index contributed by atoms with van der Waals surface area (Å²) in [7, 11) is 0. The second-order valence-electron chi connectivity index (χ2n) is 14.8. The highest BCUT2D eigenvalue weighted by Crippen LogP contribution is 2.50. The Morgan fingerprint density at radius 3 is 2.11 bits per heavy atom. The third-order valence-corrected chi connectivity index (χ3v) is 9.54. The van der Waals surface area contributed by atoms with Gasteiger partial charge in [-0.15, -0.1) is 4.59 Å². The number of carbonyl (C=O) groups is 2. The molecule has 0 saturated heterocycles. The van der Waals surface area contributed by atoms with Crippen molar-refractivity contribution in [2.75, 3.05) is 6.61 Å². The molecule has 3 atom stereocenters. The third kappa shape index (κ3) is 6.86. The molecule has 0 radical (unpaired) electrons. The molecule has 5 rings (SSSR count). The number of esters is 1. The summed E-state index contributed by atoms with van der Waals surface area (Å²) < 4.78 is 11.8. The molecule has 1 fully saturated rings. The summed E-state index contributed by atoms with van der Waals surface area (Å²) in [6.45, 7) is 15.4. The van der Waals surface area contributed by atoms with Crippen molar-refractivity contribution in [1.82, 2.24) is 0 Å². The Balaban J connectivity index is 1.52. The van der Waals surface area contributed by atoms with Gasteiger partial charge in [-0.3, -0.25) is 4.79 Å². The average Bonchev–Trinajstić information content (AvgIpc) is 3.31. The van der Waals surface area contributed by atoms with Crippen LogP contribution >= 0.6 is 11.6 Å². The Bertz CT molecular complexity index is 1550. The van der Waals surface area contributed by atoms with Crippen LogP contribution in [-0.4, -0.2) is 34.8 Å². The Morgan fingerprint density at radius 2 is 1.53 bits per heavy atom. The van der Waals surface area contributed by atoms with Crippen LogP contribution in [0.15, 0.2) is 95.0 Å². The molecular weight excluding hydrogens is 586 g/mol. The van der Waals surface area contributed by atoms with E-state index >= 15 is 0 Å². The average molecular weight is 631 g/mol. The first kappa shape index (κ1) is 32.9. The van der Waals surface area contributed by atoms with Gasteiger partial charge in [0.2, 0.25) is 5.70 Å². The van der Waals surface area contributed by atoms with Crippen molar-refractivity contribution in [3.05, 3.63) is 101 Å². The molecule has 45 heavy (non-hydrogen) atoms. The van der Waals surface area contributed by atoms with Gasteiger partial charge in [-0.25, -0.2) is 4.79 Å². The molecule has 8 heteroatoms. The van der Waals surface area contributed by atoms with Crippen LogP contribution in [0.2, 0.25) is 5.02 Å². The highest BCUT2D eigenvalue weighted by molar-refractivity contribution is 6.31. The number of Topliss-reactive ketones (excluding diaryl/α,β-unsaturated/α-hetero) is 1. The zero-order chi connectivity index (χ0) is 32.7. The van der Waals surface area contributed by atoms with E-state index < -0.39 is 10.6 Å². The number of nitrogens with zero attached hydrogens (tertiary/aromatic N) is 2. The minimum atomic E-state index is -0.550. The lowest BCUT2D eigenvalue weighted by atomic mass is 9.59. The molecule has 2 N–H and O–H groups in total. The maximum absolute atomic E-state index is 14.5. The third-order valence-electron chi connectivity index (χ3n) is 9.29. The number of carbonyl (C=O) groups excluding carboxylic acids is 2. The van der Waals surface area contributed by atoms with E-state index in [0.29, 0.717) is 33.8 Å². The van der Waals surface area contributed by atoms with Gasteiger partial charge >= 0.3 is 5.97 Å². The number of hydrogen-bond donors (Lipinski definition) is 1. The molecule has 238 valence electrons. The molecule has 1 saturated carbocycles. The van der Waals surface area contributed by atoms with Crippen molar-refractivity contribution in [3.8, 4) is 5.75 Å². The number of halogens is 1. The number of para-hydroxylation sites is 1. The molecule has 3 unspecified atom stereocenters. The minimum Gasteiger partial charge on any atom is -0.485 e. The molecule has 2 aromatic carbocycles. The quantitative estimate of drug-likeness (QED) is 0.192. The molecule has 3 aliphatic rings. The summed E-state index contributed by atoms with van der Waals surface area (Å²) in [4.78, 5) is 32.8. The van der Waals surface area contributed by atoms with Gasteiger partial charge in [0.15, 0.2) is 6.61 Å². The zero-order valence-electron chi connectivity index (χ0n) is 27.3. The number of ketones is 1. The van der Waals surface area contributed by atoms with Crippen LogP contribution in [-0.2, 0) is 14.3 Å². The summed E-state index contributed by atoms with van der Waals surface area (Å²) in [5.41, 5.74) is 1.42. The van der Waals surface area contributed by atoms with Crippen molar-refractivity contribution in [3.63, 3.8) is 0 Å². The van der Waals surface area contributed by atoms with Gasteiger partial charge in [0.25, 0.3) is 11.6 Å². The summed E-state index contributed by atoms with van der Waals surface area (Å²) in [6, 6.07) is 16.3. The SMILES string of the molecule is CC1CC(C(C)(C)C)C(OC(=O)C2=C[N+]3(N)C(=CC=C3C(=O)COc3ccccc3)N=C2c2ccc(Cl)cc2)C(C(C)(C)C)C1. The lowest BCUT2D eigenvalue weighted by Crippen LogP contribution is -2.52. The van der Waals surface area contributed by atoms with E-state index in [1.807, 2.05) is 30.3 Å². The topological polar surface area (TPSA) is 91.0 Å². The Morgan fingerprint density at radius 1 is 0.933 bits per heavy atom. The van der Waals surface area contributed by atoms with Crippen LogP contribution in [0.25, 0.3) is 0 Å². The van der Waals surface area contributed by atoms with Crippen LogP contribution in [0.3, 0.4) is 0 Å². The van der Waals surface area contributed by atoms with Crippen LogP contribution in [0, 0.1) is 28.6 Å². The van der Waals surface area contributed by atoms with Crippen LogP contribution in [0.4, 0.5) is 0 Å².